The third-order valence-corrected chi connectivity index (χ3v) is 3.74. The van der Waals surface area contributed by atoms with Crippen LogP contribution in [0.5, 0.6) is 5.75 Å². The number of ether oxygens (including phenoxy) is 1. The zero-order valence-corrected chi connectivity index (χ0v) is 12.9. The molecule has 0 saturated carbocycles. The third-order valence-electron chi connectivity index (χ3n) is 3.74. The first-order valence-corrected chi connectivity index (χ1v) is 7.01. The summed E-state index contributed by atoms with van der Waals surface area (Å²) in [4.78, 5) is 2.47. The maximum Gasteiger partial charge on any atom is 0.118 e. The van der Waals surface area contributed by atoms with Gasteiger partial charge in [0.2, 0.25) is 0 Å². The molecule has 0 radical (unpaired) electrons. The Bertz CT molecular complexity index is 373. The van der Waals surface area contributed by atoms with Crippen LogP contribution >= 0.6 is 0 Å². The molecule has 0 saturated heterocycles. The molecule has 1 atom stereocenters. The molecule has 0 aliphatic rings. The second kappa shape index (κ2) is 6.92. The van der Waals surface area contributed by atoms with E-state index in [-0.39, 0.29) is 5.41 Å². The van der Waals surface area contributed by atoms with Crippen molar-refractivity contribution in [2.45, 2.75) is 33.7 Å². The fourth-order valence-electron chi connectivity index (χ4n) is 2.23. The molecule has 1 unspecified atom stereocenters. The predicted octanol–water partition coefficient (Wildman–Crippen LogP) is 3.06. The van der Waals surface area contributed by atoms with Crippen LogP contribution in [0.4, 0.5) is 0 Å². The average molecular weight is 264 g/mol. The Labute approximate surface area is 117 Å². The smallest absolute Gasteiger partial charge is 0.118 e. The summed E-state index contributed by atoms with van der Waals surface area (Å²) in [5.41, 5.74) is 7.31. The van der Waals surface area contributed by atoms with Crippen LogP contribution in [0.3, 0.4) is 0 Å². The van der Waals surface area contributed by atoms with Crippen LogP contribution in [0.1, 0.15) is 39.3 Å². The van der Waals surface area contributed by atoms with Gasteiger partial charge in [0.25, 0.3) is 0 Å². The Balaban J connectivity index is 2.79. The van der Waals surface area contributed by atoms with Gasteiger partial charge in [-0.15, -0.1) is 0 Å². The summed E-state index contributed by atoms with van der Waals surface area (Å²) in [7, 11) is 1.69. The fourth-order valence-corrected chi connectivity index (χ4v) is 2.23. The molecule has 0 aromatic heterocycles. The number of methoxy groups -OCH3 is 1. The van der Waals surface area contributed by atoms with Gasteiger partial charge in [-0.25, -0.2) is 0 Å². The number of hydrogen-bond donors (Lipinski definition) is 1. The van der Waals surface area contributed by atoms with Crippen LogP contribution in [-0.4, -0.2) is 31.6 Å². The minimum Gasteiger partial charge on any atom is -0.497 e. The van der Waals surface area contributed by atoms with Crippen molar-refractivity contribution < 1.29 is 4.74 Å². The van der Waals surface area contributed by atoms with Gasteiger partial charge in [0.05, 0.1) is 7.11 Å². The number of benzene rings is 1. The molecule has 0 spiro atoms. The molecule has 108 valence electrons. The van der Waals surface area contributed by atoms with Gasteiger partial charge < -0.3 is 10.5 Å². The molecule has 3 heteroatoms. The molecular weight excluding hydrogens is 236 g/mol. The van der Waals surface area contributed by atoms with Crippen LogP contribution in [0.2, 0.25) is 0 Å². The maximum absolute atomic E-state index is 5.84. The Morgan fingerprint density at radius 3 is 2.26 bits per heavy atom. The quantitative estimate of drug-likeness (QED) is 0.822. The lowest BCUT2D eigenvalue weighted by atomic mass is 9.92. The fraction of sp³-hybridized carbons (Fsp3) is 0.625. The summed E-state index contributed by atoms with van der Waals surface area (Å²) in [6.45, 7) is 11.6. The number of rotatable bonds is 7. The van der Waals surface area contributed by atoms with Gasteiger partial charge in [0, 0.05) is 12.6 Å². The van der Waals surface area contributed by atoms with Crippen LogP contribution in [-0.2, 0) is 0 Å². The van der Waals surface area contributed by atoms with Crippen molar-refractivity contribution in [1.29, 1.82) is 0 Å². The first kappa shape index (κ1) is 16.0. The summed E-state index contributed by atoms with van der Waals surface area (Å²) >= 11 is 0. The van der Waals surface area contributed by atoms with E-state index in [1.54, 1.807) is 7.11 Å². The highest BCUT2D eigenvalue weighted by molar-refractivity contribution is 5.28. The number of nitrogens with two attached hydrogens (primary N) is 1. The van der Waals surface area contributed by atoms with E-state index in [1.807, 2.05) is 12.1 Å². The third kappa shape index (κ3) is 4.51. The summed E-state index contributed by atoms with van der Waals surface area (Å²) < 4.78 is 5.20. The van der Waals surface area contributed by atoms with Gasteiger partial charge in [-0.1, -0.05) is 32.9 Å². The number of hydrogen-bond acceptors (Lipinski definition) is 3. The van der Waals surface area contributed by atoms with E-state index in [0.29, 0.717) is 12.6 Å². The lowest BCUT2D eigenvalue weighted by Gasteiger charge is -2.35. The van der Waals surface area contributed by atoms with Crippen molar-refractivity contribution in [3.05, 3.63) is 29.8 Å². The van der Waals surface area contributed by atoms with Gasteiger partial charge in [-0.05, 0) is 43.1 Å². The Kier molecular flexibility index (Phi) is 5.83. The van der Waals surface area contributed by atoms with E-state index in [0.717, 1.165) is 18.8 Å². The minimum atomic E-state index is 0.150. The lowest BCUT2D eigenvalue weighted by Crippen LogP contribution is -2.39. The summed E-state index contributed by atoms with van der Waals surface area (Å²) in [5.74, 6) is 0.904. The second-order valence-electron chi connectivity index (χ2n) is 5.88. The SMILES string of the molecule is CCN(CC(C)(C)CN)C(C)c1ccc(OC)cc1. The highest BCUT2D eigenvalue weighted by Gasteiger charge is 2.23. The van der Waals surface area contributed by atoms with Crippen LogP contribution in [0.25, 0.3) is 0 Å². The highest BCUT2D eigenvalue weighted by atomic mass is 16.5. The minimum absolute atomic E-state index is 0.150. The number of nitrogens with zero attached hydrogens (tertiary/aromatic N) is 1. The van der Waals surface area contributed by atoms with Gasteiger partial charge in [-0.2, -0.15) is 0 Å². The van der Waals surface area contributed by atoms with E-state index < -0.39 is 0 Å². The molecule has 1 rings (SSSR count). The zero-order valence-electron chi connectivity index (χ0n) is 12.9. The summed E-state index contributed by atoms with van der Waals surface area (Å²) in [6, 6.07) is 8.71. The normalized spacial score (nSPS) is 13.6. The predicted molar refractivity (Wildman–Crippen MR) is 81.5 cm³/mol. The Hall–Kier alpha value is -1.06. The van der Waals surface area contributed by atoms with Gasteiger partial charge in [0.1, 0.15) is 5.75 Å². The molecule has 0 fully saturated rings. The van der Waals surface area contributed by atoms with E-state index in [9.17, 15) is 0 Å². The van der Waals surface area contributed by atoms with E-state index >= 15 is 0 Å². The molecule has 0 bridgehead atoms. The van der Waals surface area contributed by atoms with Crippen LogP contribution in [0, 0.1) is 5.41 Å². The van der Waals surface area contributed by atoms with Crippen molar-refractivity contribution in [3.63, 3.8) is 0 Å². The molecule has 1 aromatic carbocycles. The molecule has 0 aliphatic carbocycles. The van der Waals surface area contributed by atoms with Crippen molar-refractivity contribution in [1.82, 2.24) is 4.90 Å². The first-order chi connectivity index (χ1) is 8.93. The Morgan fingerprint density at radius 2 is 1.84 bits per heavy atom. The first-order valence-electron chi connectivity index (χ1n) is 7.01. The highest BCUT2D eigenvalue weighted by Crippen LogP contribution is 2.26. The molecule has 3 nitrogen and oxygen atoms in total. The second-order valence-corrected chi connectivity index (χ2v) is 5.88. The van der Waals surface area contributed by atoms with Crippen LogP contribution < -0.4 is 10.5 Å². The summed E-state index contributed by atoms with van der Waals surface area (Å²) in [6.07, 6.45) is 0. The largest absolute Gasteiger partial charge is 0.497 e. The van der Waals surface area contributed by atoms with Crippen molar-refractivity contribution in [2.24, 2.45) is 11.1 Å². The van der Waals surface area contributed by atoms with Crippen molar-refractivity contribution >= 4 is 0 Å². The summed E-state index contributed by atoms with van der Waals surface area (Å²) in [5, 5.41) is 0. The van der Waals surface area contributed by atoms with Crippen molar-refractivity contribution in [2.75, 3.05) is 26.7 Å². The molecule has 0 amide bonds. The van der Waals surface area contributed by atoms with Crippen molar-refractivity contribution in [3.8, 4) is 5.75 Å². The van der Waals surface area contributed by atoms with Gasteiger partial charge in [-0.3, -0.25) is 4.90 Å². The standard InChI is InChI=1S/C16H28N2O/c1-6-18(12-16(3,4)11-17)13(2)14-7-9-15(19-5)10-8-14/h7-10,13H,6,11-12,17H2,1-5H3. The molecule has 19 heavy (non-hydrogen) atoms. The Morgan fingerprint density at radius 1 is 1.26 bits per heavy atom. The van der Waals surface area contributed by atoms with E-state index in [4.69, 9.17) is 10.5 Å². The molecule has 0 heterocycles. The monoisotopic (exact) mass is 264 g/mol. The lowest BCUT2D eigenvalue weighted by molar-refractivity contribution is 0.148. The van der Waals surface area contributed by atoms with Gasteiger partial charge in [0.15, 0.2) is 0 Å². The van der Waals surface area contributed by atoms with Gasteiger partial charge >= 0.3 is 0 Å². The van der Waals surface area contributed by atoms with E-state index in [2.05, 4.69) is 44.7 Å². The zero-order chi connectivity index (χ0) is 14.5. The molecular formula is C16H28N2O. The molecule has 2 N–H and O–H groups in total. The van der Waals surface area contributed by atoms with E-state index in [1.165, 1.54) is 5.56 Å². The molecule has 0 aliphatic heterocycles. The average Bonchev–Trinajstić information content (AvgIpc) is 2.44. The van der Waals surface area contributed by atoms with Crippen LogP contribution in [0.15, 0.2) is 24.3 Å². The topological polar surface area (TPSA) is 38.5 Å². The maximum atomic E-state index is 5.84. The molecule has 1 aromatic rings.